The van der Waals surface area contributed by atoms with E-state index in [9.17, 15) is 4.79 Å². The van der Waals surface area contributed by atoms with Crippen LogP contribution in [0.3, 0.4) is 0 Å². The fourth-order valence-corrected chi connectivity index (χ4v) is 3.34. The molecule has 0 fully saturated rings. The molecule has 0 aliphatic carbocycles. The Morgan fingerprint density at radius 2 is 1.68 bits per heavy atom. The van der Waals surface area contributed by atoms with Gasteiger partial charge in [-0.15, -0.1) is 10.2 Å². The second-order valence-electron chi connectivity index (χ2n) is 7.47. The molecule has 2 aromatic heterocycles. The van der Waals surface area contributed by atoms with E-state index in [1.165, 1.54) is 0 Å². The van der Waals surface area contributed by atoms with Crippen molar-refractivity contribution in [3.63, 3.8) is 0 Å². The minimum absolute atomic E-state index is 0.142. The summed E-state index contributed by atoms with van der Waals surface area (Å²) in [4.78, 5) is 12.5. The number of benzene rings is 2. The Morgan fingerprint density at radius 3 is 2.29 bits per heavy atom. The first-order valence-corrected chi connectivity index (χ1v) is 9.93. The molecule has 0 spiro atoms. The molecule has 0 saturated heterocycles. The lowest BCUT2D eigenvalue weighted by molar-refractivity contribution is 0.102. The lowest BCUT2D eigenvalue weighted by Gasteiger charge is -2.10. The minimum Gasteiger partial charge on any atom is -0.438 e. The minimum atomic E-state index is -0.142. The van der Waals surface area contributed by atoms with Crippen molar-refractivity contribution in [2.24, 2.45) is 0 Å². The normalized spacial score (nSPS) is 10.7. The van der Waals surface area contributed by atoms with Crippen LogP contribution in [0, 0.1) is 27.7 Å². The highest BCUT2D eigenvalue weighted by Gasteiger charge is 2.10. The van der Waals surface area contributed by atoms with Crippen LogP contribution in [-0.2, 0) is 0 Å². The summed E-state index contributed by atoms with van der Waals surface area (Å²) in [5.41, 5.74) is 5.32. The maximum Gasteiger partial charge on any atom is 0.255 e. The monoisotopic (exact) mass is 413 g/mol. The van der Waals surface area contributed by atoms with E-state index in [1.807, 2.05) is 52.0 Å². The van der Waals surface area contributed by atoms with Gasteiger partial charge in [0.1, 0.15) is 5.75 Å². The van der Waals surface area contributed by atoms with Gasteiger partial charge in [-0.2, -0.15) is 5.10 Å². The molecular formula is C24H23N5O2. The first-order valence-electron chi connectivity index (χ1n) is 9.93. The standard InChI is InChI=1S/C24H23N5O2/c1-15-5-10-21(16(2)13-15)24(30)25-19-6-8-20(9-7-19)31-23-12-11-22(26-27-23)29-18(4)14-17(3)28-29/h5-14H,1-4H3,(H,25,30). The van der Waals surface area contributed by atoms with Gasteiger partial charge in [0.15, 0.2) is 5.82 Å². The van der Waals surface area contributed by atoms with Crippen LogP contribution in [0.25, 0.3) is 5.82 Å². The van der Waals surface area contributed by atoms with Crippen LogP contribution < -0.4 is 10.1 Å². The molecule has 2 aromatic carbocycles. The Morgan fingerprint density at radius 1 is 0.903 bits per heavy atom. The number of carbonyl (C=O) groups is 1. The number of aromatic nitrogens is 4. The number of rotatable bonds is 5. The molecule has 156 valence electrons. The average molecular weight is 413 g/mol. The third-order valence-corrected chi connectivity index (χ3v) is 4.81. The molecule has 1 amide bonds. The molecule has 0 atom stereocenters. The van der Waals surface area contributed by atoms with E-state index in [0.29, 0.717) is 28.7 Å². The lowest BCUT2D eigenvalue weighted by atomic mass is 10.1. The highest BCUT2D eigenvalue weighted by atomic mass is 16.5. The summed E-state index contributed by atoms with van der Waals surface area (Å²) in [6.07, 6.45) is 0. The highest BCUT2D eigenvalue weighted by molar-refractivity contribution is 6.05. The van der Waals surface area contributed by atoms with Gasteiger partial charge in [0.05, 0.1) is 5.69 Å². The molecule has 7 heteroatoms. The molecule has 4 aromatic rings. The Balaban J connectivity index is 1.41. The molecule has 0 radical (unpaired) electrons. The van der Waals surface area contributed by atoms with Gasteiger partial charge in [-0.05, 0) is 75.7 Å². The Labute approximate surface area is 180 Å². The number of aryl methyl sites for hydroxylation is 4. The van der Waals surface area contributed by atoms with Gasteiger partial charge in [-0.3, -0.25) is 4.79 Å². The predicted octanol–water partition coefficient (Wildman–Crippen LogP) is 4.94. The van der Waals surface area contributed by atoms with Gasteiger partial charge in [0, 0.05) is 23.0 Å². The van der Waals surface area contributed by atoms with Crippen molar-refractivity contribution in [2.75, 3.05) is 5.32 Å². The van der Waals surface area contributed by atoms with E-state index in [1.54, 1.807) is 41.1 Å². The number of amides is 1. The van der Waals surface area contributed by atoms with Crippen molar-refractivity contribution in [2.45, 2.75) is 27.7 Å². The highest BCUT2D eigenvalue weighted by Crippen LogP contribution is 2.22. The quantitative estimate of drug-likeness (QED) is 0.501. The number of hydrogen-bond donors (Lipinski definition) is 1. The molecule has 7 nitrogen and oxygen atoms in total. The second-order valence-corrected chi connectivity index (χ2v) is 7.47. The fraction of sp³-hybridized carbons (Fsp3) is 0.167. The largest absolute Gasteiger partial charge is 0.438 e. The first kappa shape index (κ1) is 20.3. The summed E-state index contributed by atoms with van der Waals surface area (Å²) < 4.78 is 7.50. The molecule has 0 aliphatic rings. The zero-order valence-electron chi connectivity index (χ0n) is 17.9. The van der Waals surface area contributed by atoms with Crippen LogP contribution in [-0.4, -0.2) is 25.9 Å². The van der Waals surface area contributed by atoms with Crippen molar-refractivity contribution in [3.8, 4) is 17.4 Å². The molecule has 0 bridgehead atoms. The smallest absolute Gasteiger partial charge is 0.255 e. The van der Waals surface area contributed by atoms with E-state index in [-0.39, 0.29) is 5.91 Å². The van der Waals surface area contributed by atoms with Gasteiger partial charge in [-0.25, -0.2) is 4.68 Å². The SMILES string of the molecule is Cc1ccc(C(=O)Nc2ccc(Oc3ccc(-n4nc(C)cc4C)nn3)cc2)c(C)c1. The van der Waals surface area contributed by atoms with Crippen LogP contribution in [0.15, 0.2) is 60.7 Å². The molecule has 0 unspecified atom stereocenters. The summed E-state index contributed by atoms with van der Waals surface area (Å²) in [7, 11) is 0. The van der Waals surface area contributed by atoms with Crippen LogP contribution in [0.5, 0.6) is 11.6 Å². The van der Waals surface area contributed by atoms with E-state index in [4.69, 9.17) is 4.74 Å². The summed E-state index contributed by atoms with van der Waals surface area (Å²) in [5.74, 6) is 1.45. The van der Waals surface area contributed by atoms with Gasteiger partial charge >= 0.3 is 0 Å². The van der Waals surface area contributed by atoms with Crippen LogP contribution in [0.1, 0.15) is 32.9 Å². The number of nitrogens with zero attached hydrogens (tertiary/aromatic N) is 4. The van der Waals surface area contributed by atoms with Gasteiger partial charge in [0.25, 0.3) is 5.91 Å². The Kier molecular flexibility index (Phi) is 5.49. The number of carbonyl (C=O) groups excluding carboxylic acids is 1. The van der Waals surface area contributed by atoms with E-state index >= 15 is 0 Å². The third kappa shape index (κ3) is 4.61. The van der Waals surface area contributed by atoms with Crippen molar-refractivity contribution in [1.82, 2.24) is 20.0 Å². The number of ether oxygens (including phenoxy) is 1. The maximum atomic E-state index is 12.5. The van der Waals surface area contributed by atoms with Crippen LogP contribution >= 0.6 is 0 Å². The van der Waals surface area contributed by atoms with Crippen molar-refractivity contribution in [1.29, 1.82) is 0 Å². The van der Waals surface area contributed by atoms with E-state index in [2.05, 4.69) is 20.6 Å². The van der Waals surface area contributed by atoms with E-state index < -0.39 is 0 Å². The predicted molar refractivity (Wildman–Crippen MR) is 119 cm³/mol. The first-order chi connectivity index (χ1) is 14.9. The summed E-state index contributed by atoms with van der Waals surface area (Å²) in [5, 5.41) is 15.6. The van der Waals surface area contributed by atoms with Crippen LogP contribution in [0.4, 0.5) is 5.69 Å². The number of nitrogens with one attached hydrogen (secondary N) is 1. The zero-order chi connectivity index (χ0) is 22.0. The van der Waals surface area contributed by atoms with Gasteiger partial charge in [0.2, 0.25) is 5.88 Å². The Hall–Kier alpha value is -4.00. The van der Waals surface area contributed by atoms with Gasteiger partial charge in [-0.1, -0.05) is 17.7 Å². The maximum absolute atomic E-state index is 12.5. The average Bonchev–Trinajstić information content (AvgIpc) is 3.08. The van der Waals surface area contributed by atoms with E-state index in [0.717, 1.165) is 22.5 Å². The topological polar surface area (TPSA) is 81.9 Å². The summed E-state index contributed by atoms with van der Waals surface area (Å²) in [6, 6.07) is 18.4. The van der Waals surface area contributed by atoms with Crippen molar-refractivity contribution >= 4 is 11.6 Å². The molecule has 2 heterocycles. The third-order valence-electron chi connectivity index (χ3n) is 4.81. The van der Waals surface area contributed by atoms with Gasteiger partial charge < -0.3 is 10.1 Å². The van der Waals surface area contributed by atoms with Crippen LogP contribution in [0.2, 0.25) is 0 Å². The Bertz CT molecular complexity index is 1230. The van der Waals surface area contributed by atoms with Crippen molar-refractivity contribution < 1.29 is 9.53 Å². The van der Waals surface area contributed by atoms with Crippen molar-refractivity contribution in [3.05, 3.63) is 88.7 Å². The second kappa shape index (κ2) is 8.39. The fourth-order valence-electron chi connectivity index (χ4n) is 3.34. The molecule has 0 saturated carbocycles. The molecule has 4 rings (SSSR count). The number of anilines is 1. The summed E-state index contributed by atoms with van der Waals surface area (Å²) >= 11 is 0. The zero-order valence-corrected chi connectivity index (χ0v) is 17.9. The molecular weight excluding hydrogens is 390 g/mol. The number of hydrogen-bond acceptors (Lipinski definition) is 5. The molecule has 31 heavy (non-hydrogen) atoms. The molecule has 0 aliphatic heterocycles. The lowest BCUT2D eigenvalue weighted by Crippen LogP contribution is -2.13. The molecule has 1 N–H and O–H groups in total. The summed E-state index contributed by atoms with van der Waals surface area (Å²) in [6.45, 7) is 7.83.